The second kappa shape index (κ2) is 14.2. The summed E-state index contributed by atoms with van der Waals surface area (Å²) in [7, 11) is 0. The average Bonchev–Trinajstić information content (AvgIpc) is 3.83. The normalized spacial score (nSPS) is 11.4. The molecule has 0 spiro atoms. The number of aryl methyl sites for hydroxylation is 4. The standard InChI is InChI=1S/C51H39N7/c1-32-24-33(2)27-41(26-32)57-45-22-20-39(30-43(45)52-50(57)37-16-10-6-11-17-37)48-54-47(36-14-8-5-9-15-36)55-49(56-48)40-21-23-46-44(31-40)53-51(38-18-12-7-13-19-38)58(46)42-28-34(3)25-35(4)29-42/h5-31H,1-4H3. The highest BCUT2D eigenvalue weighted by molar-refractivity contribution is 5.89. The van der Waals surface area contributed by atoms with Crippen LogP contribution in [0.15, 0.2) is 164 Å². The average molecular weight is 750 g/mol. The molecule has 0 atom stereocenters. The van der Waals surface area contributed by atoms with Crippen LogP contribution < -0.4 is 0 Å². The summed E-state index contributed by atoms with van der Waals surface area (Å²) in [6.07, 6.45) is 0. The Hall–Kier alpha value is -7.51. The van der Waals surface area contributed by atoms with Gasteiger partial charge >= 0.3 is 0 Å². The summed E-state index contributed by atoms with van der Waals surface area (Å²) in [6, 6.07) is 56.6. The lowest BCUT2D eigenvalue weighted by molar-refractivity contribution is 1.07. The number of benzene rings is 7. The summed E-state index contributed by atoms with van der Waals surface area (Å²) in [5, 5.41) is 0. The van der Waals surface area contributed by atoms with E-state index in [0.717, 1.165) is 72.9 Å². The molecule has 0 N–H and O–H groups in total. The first-order valence-electron chi connectivity index (χ1n) is 19.5. The van der Waals surface area contributed by atoms with E-state index in [0.29, 0.717) is 17.5 Å². The van der Waals surface area contributed by atoms with Crippen LogP contribution in [0.4, 0.5) is 0 Å². The van der Waals surface area contributed by atoms with Gasteiger partial charge in [-0.1, -0.05) is 103 Å². The van der Waals surface area contributed by atoms with Crippen LogP contribution in [0.1, 0.15) is 22.3 Å². The molecule has 0 aliphatic heterocycles. The van der Waals surface area contributed by atoms with Gasteiger partial charge in [-0.15, -0.1) is 0 Å². The summed E-state index contributed by atoms with van der Waals surface area (Å²) < 4.78 is 4.50. The minimum Gasteiger partial charge on any atom is -0.292 e. The van der Waals surface area contributed by atoms with Crippen molar-refractivity contribution in [2.24, 2.45) is 0 Å². The molecule has 10 rings (SSSR count). The second-order valence-corrected chi connectivity index (χ2v) is 15.0. The summed E-state index contributed by atoms with van der Waals surface area (Å²) in [5.74, 6) is 3.49. The van der Waals surface area contributed by atoms with Crippen molar-refractivity contribution in [1.29, 1.82) is 0 Å². The van der Waals surface area contributed by atoms with Crippen molar-refractivity contribution in [3.63, 3.8) is 0 Å². The first kappa shape index (κ1) is 34.9. The van der Waals surface area contributed by atoms with Gasteiger partial charge in [-0.25, -0.2) is 24.9 Å². The molecule has 0 fully saturated rings. The van der Waals surface area contributed by atoms with Crippen LogP contribution in [0.25, 0.3) is 90.4 Å². The zero-order valence-electron chi connectivity index (χ0n) is 32.7. The van der Waals surface area contributed by atoms with Gasteiger partial charge in [0.25, 0.3) is 0 Å². The van der Waals surface area contributed by atoms with E-state index in [1.807, 2.05) is 42.5 Å². The highest BCUT2D eigenvalue weighted by Gasteiger charge is 2.20. The van der Waals surface area contributed by atoms with E-state index < -0.39 is 0 Å². The summed E-state index contributed by atoms with van der Waals surface area (Å²) in [4.78, 5) is 25.8. The van der Waals surface area contributed by atoms with Gasteiger partial charge in [-0.2, -0.15) is 0 Å². The van der Waals surface area contributed by atoms with E-state index in [4.69, 9.17) is 24.9 Å². The van der Waals surface area contributed by atoms with Crippen LogP contribution in [-0.4, -0.2) is 34.1 Å². The molecule has 0 radical (unpaired) electrons. The minimum atomic E-state index is 0.568. The van der Waals surface area contributed by atoms with Gasteiger partial charge in [-0.05, 0) is 111 Å². The summed E-state index contributed by atoms with van der Waals surface area (Å²) in [5.41, 5.74) is 15.4. The number of aromatic nitrogens is 7. The van der Waals surface area contributed by atoms with E-state index in [9.17, 15) is 0 Å². The molecule has 7 nitrogen and oxygen atoms in total. The molecule has 3 heterocycles. The van der Waals surface area contributed by atoms with Crippen molar-refractivity contribution in [1.82, 2.24) is 34.1 Å². The first-order valence-corrected chi connectivity index (χ1v) is 19.5. The Morgan fingerprint density at radius 3 is 1.03 bits per heavy atom. The third kappa shape index (κ3) is 6.42. The number of nitrogens with zero attached hydrogens (tertiary/aromatic N) is 7. The van der Waals surface area contributed by atoms with Gasteiger partial charge in [0, 0.05) is 39.2 Å². The van der Waals surface area contributed by atoms with Crippen LogP contribution >= 0.6 is 0 Å². The van der Waals surface area contributed by atoms with Gasteiger partial charge < -0.3 is 0 Å². The second-order valence-electron chi connectivity index (χ2n) is 15.0. The Balaban J connectivity index is 1.15. The molecule has 3 aromatic heterocycles. The summed E-state index contributed by atoms with van der Waals surface area (Å²) >= 11 is 0. The van der Waals surface area contributed by atoms with Gasteiger partial charge in [0.2, 0.25) is 0 Å². The molecule has 0 saturated heterocycles. The van der Waals surface area contributed by atoms with E-state index in [1.165, 1.54) is 22.3 Å². The van der Waals surface area contributed by atoms with Crippen molar-refractivity contribution in [3.05, 3.63) is 186 Å². The first-order chi connectivity index (χ1) is 28.3. The lowest BCUT2D eigenvalue weighted by Gasteiger charge is -2.12. The summed E-state index contributed by atoms with van der Waals surface area (Å²) in [6.45, 7) is 8.54. The Kier molecular flexibility index (Phi) is 8.56. The Labute approximate surface area is 337 Å². The van der Waals surface area contributed by atoms with Gasteiger partial charge in [0.05, 0.1) is 22.1 Å². The predicted octanol–water partition coefficient (Wildman–Crippen LogP) is 12.1. The highest BCUT2D eigenvalue weighted by Crippen LogP contribution is 2.35. The largest absolute Gasteiger partial charge is 0.292 e. The molecule has 0 aliphatic carbocycles. The molecule has 278 valence electrons. The number of hydrogen-bond donors (Lipinski definition) is 0. The maximum Gasteiger partial charge on any atom is 0.164 e. The molecule has 58 heavy (non-hydrogen) atoms. The van der Waals surface area contributed by atoms with Crippen molar-refractivity contribution < 1.29 is 0 Å². The van der Waals surface area contributed by atoms with E-state index in [1.54, 1.807) is 0 Å². The van der Waals surface area contributed by atoms with E-state index in [2.05, 4.69) is 158 Å². The molecule has 10 aromatic rings. The number of rotatable bonds is 7. The smallest absolute Gasteiger partial charge is 0.164 e. The fraction of sp³-hybridized carbons (Fsp3) is 0.0784. The number of imidazole rings is 2. The lowest BCUT2D eigenvalue weighted by Crippen LogP contribution is -2.01. The van der Waals surface area contributed by atoms with E-state index in [-0.39, 0.29) is 0 Å². The van der Waals surface area contributed by atoms with Crippen molar-refractivity contribution in [3.8, 4) is 68.3 Å². The number of fused-ring (bicyclic) bond motifs is 2. The van der Waals surface area contributed by atoms with Gasteiger partial charge in [0.15, 0.2) is 17.5 Å². The predicted molar refractivity (Wildman–Crippen MR) is 235 cm³/mol. The van der Waals surface area contributed by atoms with Crippen LogP contribution in [-0.2, 0) is 0 Å². The van der Waals surface area contributed by atoms with Crippen LogP contribution in [0.2, 0.25) is 0 Å². The van der Waals surface area contributed by atoms with Crippen LogP contribution in [0.3, 0.4) is 0 Å². The van der Waals surface area contributed by atoms with E-state index >= 15 is 0 Å². The van der Waals surface area contributed by atoms with Crippen LogP contribution in [0, 0.1) is 27.7 Å². The Bertz CT molecular complexity index is 2910. The quantitative estimate of drug-likeness (QED) is 0.162. The molecular weight excluding hydrogens is 711 g/mol. The fourth-order valence-electron chi connectivity index (χ4n) is 8.03. The van der Waals surface area contributed by atoms with Gasteiger partial charge in [0.1, 0.15) is 11.6 Å². The monoisotopic (exact) mass is 749 g/mol. The zero-order valence-corrected chi connectivity index (χ0v) is 32.7. The maximum absolute atomic E-state index is 5.25. The van der Waals surface area contributed by atoms with Crippen molar-refractivity contribution in [2.75, 3.05) is 0 Å². The SMILES string of the molecule is Cc1cc(C)cc(-n2c(-c3ccccc3)nc3cc(-c4nc(-c5ccccc5)nc(-c5ccc6c(c5)nc(-c5ccccc5)n6-c5cc(C)cc(C)c5)n4)ccc32)c1. The minimum absolute atomic E-state index is 0.568. The topological polar surface area (TPSA) is 74.3 Å². The molecule has 7 heteroatoms. The highest BCUT2D eigenvalue weighted by atomic mass is 15.1. The van der Waals surface area contributed by atoms with Gasteiger partial charge in [-0.3, -0.25) is 9.13 Å². The number of hydrogen-bond acceptors (Lipinski definition) is 5. The zero-order chi connectivity index (χ0) is 39.3. The third-order valence-electron chi connectivity index (χ3n) is 10.5. The fourth-order valence-corrected chi connectivity index (χ4v) is 8.03. The molecular formula is C51H39N7. The Morgan fingerprint density at radius 1 is 0.310 bits per heavy atom. The molecule has 0 unspecified atom stereocenters. The molecule has 0 aliphatic rings. The maximum atomic E-state index is 5.25. The van der Waals surface area contributed by atoms with Crippen molar-refractivity contribution >= 4 is 22.1 Å². The third-order valence-corrected chi connectivity index (χ3v) is 10.5. The van der Waals surface area contributed by atoms with Crippen molar-refractivity contribution in [2.45, 2.75) is 27.7 Å². The molecule has 0 saturated carbocycles. The molecule has 0 bridgehead atoms. The van der Waals surface area contributed by atoms with Crippen LogP contribution in [0.5, 0.6) is 0 Å². The lowest BCUT2D eigenvalue weighted by atomic mass is 10.1. The molecule has 7 aromatic carbocycles. The molecule has 0 amide bonds. The Morgan fingerprint density at radius 2 is 0.655 bits per heavy atom.